The Morgan fingerprint density at radius 1 is 0.900 bits per heavy atom. The first-order valence-electron chi connectivity index (χ1n) is 12.8. The zero-order valence-electron chi connectivity index (χ0n) is 21.3. The average molecular weight is 552 g/mol. The molecule has 4 N–H and O–H groups in total. The van der Waals surface area contributed by atoms with Crippen LogP contribution in [-0.4, -0.2) is 52.0 Å². The molecule has 10 nitrogen and oxygen atoms in total. The maximum atomic E-state index is 14.9. The number of hydrogen-bond donors (Lipinski definition) is 4. The van der Waals surface area contributed by atoms with Crippen molar-refractivity contribution in [3.63, 3.8) is 0 Å². The number of hydrogen-bond acceptors (Lipinski definition) is 6. The molecule has 0 spiro atoms. The predicted molar refractivity (Wildman–Crippen MR) is 142 cm³/mol. The summed E-state index contributed by atoms with van der Waals surface area (Å²) >= 11 is 0. The SMILES string of the molecule is O=C(Nc1cc(Oc2ccc(NC(=O)C3(C(=O)Nc4ccc(F)cc4)CC3)c(F)c2)ccn1)N1CCC(O)CC1. The van der Waals surface area contributed by atoms with Crippen molar-refractivity contribution in [2.45, 2.75) is 31.8 Å². The van der Waals surface area contributed by atoms with E-state index in [9.17, 15) is 28.3 Å². The third-order valence-corrected chi connectivity index (χ3v) is 6.86. The van der Waals surface area contributed by atoms with Crippen molar-refractivity contribution in [2.24, 2.45) is 5.41 Å². The number of aliphatic hydroxyl groups is 1. The second kappa shape index (κ2) is 11.3. The third-order valence-electron chi connectivity index (χ3n) is 6.86. The second-order valence-electron chi connectivity index (χ2n) is 9.77. The lowest BCUT2D eigenvalue weighted by atomic mass is 10.0. The topological polar surface area (TPSA) is 133 Å². The first-order chi connectivity index (χ1) is 19.2. The molecule has 1 aliphatic heterocycles. The fourth-order valence-corrected chi connectivity index (χ4v) is 4.31. The number of nitrogens with one attached hydrogen (secondary N) is 3. The number of pyridine rings is 1. The van der Waals surface area contributed by atoms with E-state index >= 15 is 0 Å². The van der Waals surface area contributed by atoms with Crippen LogP contribution < -0.4 is 20.7 Å². The first kappa shape index (κ1) is 27.0. The Hall–Kier alpha value is -4.58. The molecule has 1 saturated heterocycles. The quantitative estimate of drug-likeness (QED) is 0.320. The van der Waals surface area contributed by atoms with Gasteiger partial charge in [-0.1, -0.05) is 0 Å². The molecule has 2 fully saturated rings. The van der Waals surface area contributed by atoms with Crippen LogP contribution >= 0.6 is 0 Å². The molecule has 12 heteroatoms. The van der Waals surface area contributed by atoms with E-state index in [1.807, 2.05) is 0 Å². The first-order valence-corrected chi connectivity index (χ1v) is 12.8. The number of benzene rings is 2. The summed E-state index contributed by atoms with van der Waals surface area (Å²) in [5.74, 6) is -1.73. The molecule has 5 rings (SSSR count). The monoisotopic (exact) mass is 551 g/mol. The van der Waals surface area contributed by atoms with E-state index in [0.717, 1.165) is 6.07 Å². The van der Waals surface area contributed by atoms with Crippen LogP contribution in [0.15, 0.2) is 60.8 Å². The largest absolute Gasteiger partial charge is 0.457 e. The fourth-order valence-electron chi connectivity index (χ4n) is 4.31. The Morgan fingerprint density at radius 2 is 1.57 bits per heavy atom. The molecule has 208 valence electrons. The summed E-state index contributed by atoms with van der Waals surface area (Å²) in [5.41, 5.74) is -1.10. The maximum absolute atomic E-state index is 14.9. The highest BCUT2D eigenvalue weighted by atomic mass is 19.1. The number of anilines is 3. The van der Waals surface area contributed by atoms with Crippen LogP contribution in [0.5, 0.6) is 11.5 Å². The van der Waals surface area contributed by atoms with Gasteiger partial charge < -0.3 is 25.4 Å². The molecule has 2 aliphatic rings. The minimum atomic E-state index is -1.33. The molecule has 0 unspecified atom stereocenters. The normalized spacial score (nSPS) is 16.1. The summed E-state index contributed by atoms with van der Waals surface area (Å²) in [4.78, 5) is 43.8. The Balaban J connectivity index is 1.18. The summed E-state index contributed by atoms with van der Waals surface area (Å²) in [6, 6.07) is 11.7. The van der Waals surface area contributed by atoms with Crippen molar-refractivity contribution >= 4 is 35.0 Å². The van der Waals surface area contributed by atoms with E-state index in [0.29, 0.717) is 50.2 Å². The van der Waals surface area contributed by atoms with Crippen LogP contribution in [0.3, 0.4) is 0 Å². The average Bonchev–Trinajstić information content (AvgIpc) is 3.75. The van der Waals surface area contributed by atoms with E-state index in [1.54, 1.807) is 4.90 Å². The number of ether oxygens (including phenoxy) is 1. The molecule has 1 saturated carbocycles. The highest BCUT2D eigenvalue weighted by Gasteiger charge is 2.56. The molecule has 0 atom stereocenters. The van der Waals surface area contributed by atoms with Gasteiger partial charge in [-0.3, -0.25) is 14.9 Å². The molecular weight excluding hydrogens is 524 g/mol. The molecule has 2 heterocycles. The van der Waals surface area contributed by atoms with Gasteiger partial charge in [-0.15, -0.1) is 0 Å². The van der Waals surface area contributed by atoms with Crippen LogP contribution in [-0.2, 0) is 9.59 Å². The van der Waals surface area contributed by atoms with Gasteiger partial charge in [0.2, 0.25) is 11.8 Å². The van der Waals surface area contributed by atoms with Gasteiger partial charge in [-0.2, -0.15) is 0 Å². The summed E-state index contributed by atoms with van der Waals surface area (Å²) in [5, 5.41) is 17.4. The number of likely N-dealkylation sites (tertiary alicyclic amines) is 1. The van der Waals surface area contributed by atoms with Crippen molar-refractivity contribution < 1.29 is 33.0 Å². The lowest BCUT2D eigenvalue weighted by molar-refractivity contribution is -0.131. The minimum Gasteiger partial charge on any atom is -0.457 e. The highest BCUT2D eigenvalue weighted by Crippen LogP contribution is 2.47. The summed E-state index contributed by atoms with van der Waals surface area (Å²) in [7, 11) is 0. The van der Waals surface area contributed by atoms with Crippen LogP contribution in [0.1, 0.15) is 25.7 Å². The van der Waals surface area contributed by atoms with Crippen molar-refractivity contribution in [3.8, 4) is 11.5 Å². The number of aromatic nitrogens is 1. The van der Waals surface area contributed by atoms with Gasteiger partial charge in [0.05, 0.1) is 11.8 Å². The van der Waals surface area contributed by atoms with Crippen molar-refractivity contribution in [1.82, 2.24) is 9.88 Å². The highest BCUT2D eigenvalue weighted by molar-refractivity contribution is 6.16. The van der Waals surface area contributed by atoms with Crippen molar-refractivity contribution in [1.29, 1.82) is 0 Å². The van der Waals surface area contributed by atoms with E-state index in [-0.39, 0.29) is 23.3 Å². The molecule has 1 aliphatic carbocycles. The number of rotatable bonds is 7. The number of aliphatic hydroxyl groups excluding tert-OH is 1. The van der Waals surface area contributed by atoms with Gasteiger partial charge >= 0.3 is 6.03 Å². The van der Waals surface area contributed by atoms with E-state index in [4.69, 9.17) is 4.74 Å². The summed E-state index contributed by atoms with van der Waals surface area (Å²) < 4.78 is 33.7. The fraction of sp³-hybridized carbons (Fsp3) is 0.286. The van der Waals surface area contributed by atoms with Crippen LogP contribution in [0.2, 0.25) is 0 Å². The van der Waals surface area contributed by atoms with Gasteiger partial charge in [-0.05, 0) is 68.1 Å². The molecule has 1 aromatic heterocycles. The third kappa shape index (κ3) is 6.18. The number of amides is 4. The Kier molecular flexibility index (Phi) is 7.60. The Labute approximate surface area is 228 Å². The molecule has 2 aromatic carbocycles. The standard InChI is InChI=1S/C28H27F2N5O5/c29-17-1-3-18(4-2-17)32-25(37)28(10-11-28)26(38)33-23-6-5-20(15-22(23)30)40-21-7-12-31-24(16-21)34-27(39)35-13-8-19(36)9-14-35/h1-7,12,15-16,19,36H,8-11,13-14H2,(H,32,37)(H,33,38)(H,31,34,39). The van der Waals surface area contributed by atoms with Crippen molar-refractivity contribution in [3.05, 3.63) is 72.4 Å². The number of piperidine rings is 1. The molecule has 3 aromatic rings. The molecule has 0 radical (unpaired) electrons. The number of carbonyl (C=O) groups excluding carboxylic acids is 3. The van der Waals surface area contributed by atoms with E-state index < -0.39 is 35.0 Å². The second-order valence-corrected chi connectivity index (χ2v) is 9.77. The molecule has 0 bridgehead atoms. The maximum Gasteiger partial charge on any atom is 0.323 e. The zero-order valence-corrected chi connectivity index (χ0v) is 21.3. The smallest absolute Gasteiger partial charge is 0.323 e. The Morgan fingerprint density at radius 3 is 2.25 bits per heavy atom. The van der Waals surface area contributed by atoms with Gasteiger partial charge in [-0.25, -0.2) is 18.6 Å². The van der Waals surface area contributed by atoms with Gasteiger partial charge in [0, 0.05) is 37.1 Å². The van der Waals surface area contributed by atoms with Crippen molar-refractivity contribution in [2.75, 3.05) is 29.0 Å². The lowest BCUT2D eigenvalue weighted by Gasteiger charge is -2.29. The summed E-state index contributed by atoms with van der Waals surface area (Å²) in [6.45, 7) is 0.872. The predicted octanol–water partition coefficient (Wildman–Crippen LogP) is 4.50. The molecular formula is C28H27F2N5O5. The van der Waals surface area contributed by atoms with Gasteiger partial charge in [0.15, 0.2) is 0 Å². The molecule has 40 heavy (non-hydrogen) atoms. The molecule has 4 amide bonds. The number of carbonyl (C=O) groups is 3. The number of nitrogens with zero attached hydrogens (tertiary/aromatic N) is 2. The van der Waals surface area contributed by atoms with E-state index in [1.165, 1.54) is 54.7 Å². The van der Waals surface area contributed by atoms with Crippen LogP contribution in [0, 0.1) is 17.0 Å². The van der Waals surface area contributed by atoms with Crippen LogP contribution in [0.25, 0.3) is 0 Å². The van der Waals surface area contributed by atoms with Crippen LogP contribution in [0.4, 0.5) is 30.8 Å². The minimum absolute atomic E-state index is 0.118. The zero-order chi connectivity index (χ0) is 28.3. The van der Waals surface area contributed by atoms with Gasteiger partial charge in [0.25, 0.3) is 0 Å². The lowest BCUT2D eigenvalue weighted by Crippen LogP contribution is -2.42. The number of halogens is 2. The number of urea groups is 1. The summed E-state index contributed by atoms with van der Waals surface area (Å²) in [6.07, 6.45) is 2.65. The Bertz CT molecular complexity index is 1420. The van der Waals surface area contributed by atoms with E-state index in [2.05, 4.69) is 20.9 Å². The van der Waals surface area contributed by atoms with Gasteiger partial charge in [0.1, 0.15) is 34.4 Å².